The van der Waals surface area contributed by atoms with Crippen molar-refractivity contribution in [1.82, 2.24) is 0 Å². The van der Waals surface area contributed by atoms with E-state index in [1.807, 2.05) is 43.3 Å². The molecule has 0 heterocycles. The van der Waals surface area contributed by atoms with Gasteiger partial charge in [0.25, 0.3) is 0 Å². The summed E-state index contributed by atoms with van der Waals surface area (Å²) in [6.07, 6.45) is 3.41. The molecule has 0 aliphatic heterocycles. The standard InChI is InChI=1S/C8H18N2O.C6H6/c1-3-4-5-8(2)10-11-7-6-9;1-2-4-6-5-3-1/h3-7,9H2,1-2H3;1-6H. The van der Waals surface area contributed by atoms with Crippen molar-refractivity contribution < 1.29 is 4.84 Å². The van der Waals surface area contributed by atoms with Crippen molar-refractivity contribution in [1.29, 1.82) is 0 Å². The Morgan fingerprint density at radius 3 is 2.06 bits per heavy atom. The molecule has 1 aromatic rings. The van der Waals surface area contributed by atoms with E-state index >= 15 is 0 Å². The van der Waals surface area contributed by atoms with Crippen LogP contribution in [0.25, 0.3) is 0 Å². The summed E-state index contributed by atoms with van der Waals surface area (Å²) in [5, 5.41) is 3.89. The molecule has 0 unspecified atom stereocenters. The minimum atomic E-state index is 0.517. The van der Waals surface area contributed by atoms with Crippen molar-refractivity contribution >= 4 is 5.71 Å². The lowest BCUT2D eigenvalue weighted by atomic mass is 10.2. The first-order chi connectivity index (χ1) is 8.31. The van der Waals surface area contributed by atoms with E-state index in [0.29, 0.717) is 13.2 Å². The Balaban J connectivity index is 0.000000354. The van der Waals surface area contributed by atoms with Crippen LogP contribution in [0.5, 0.6) is 0 Å². The highest BCUT2D eigenvalue weighted by Crippen LogP contribution is 1.96. The molecule has 0 amide bonds. The van der Waals surface area contributed by atoms with Gasteiger partial charge in [-0.15, -0.1) is 0 Å². The van der Waals surface area contributed by atoms with Crippen LogP contribution in [0.1, 0.15) is 33.1 Å². The first-order valence-corrected chi connectivity index (χ1v) is 6.16. The predicted octanol–water partition coefficient (Wildman–Crippen LogP) is 3.21. The van der Waals surface area contributed by atoms with Crippen molar-refractivity contribution in [3.05, 3.63) is 36.4 Å². The molecule has 0 radical (unpaired) electrons. The van der Waals surface area contributed by atoms with E-state index < -0.39 is 0 Å². The molecule has 0 aliphatic rings. The highest BCUT2D eigenvalue weighted by atomic mass is 16.6. The zero-order valence-corrected chi connectivity index (χ0v) is 10.9. The minimum Gasteiger partial charge on any atom is -0.395 e. The third-order valence-corrected chi connectivity index (χ3v) is 1.99. The topological polar surface area (TPSA) is 47.6 Å². The Morgan fingerprint density at radius 1 is 1.12 bits per heavy atom. The molecule has 17 heavy (non-hydrogen) atoms. The molecule has 0 spiro atoms. The number of rotatable bonds is 6. The monoisotopic (exact) mass is 236 g/mol. The molecule has 2 N–H and O–H groups in total. The van der Waals surface area contributed by atoms with Gasteiger partial charge in [-0.3, -0.25) is 0 Å². The molecule has 96 valence electrons. The third kappa shape index (κ3) is 12.6. The first kappa shape index (κ1) is 15.7. The molecule has 0 aliphatic carbocycles. The SMILES string of the molecule is CCCCC(C)=NOCCN.c1ccccc1. The van der Waals surface area contributed by atoms with Crippen LogP contribution in [0.2, 0.25) is 0 Å². The number of nitrogens with two attached hydrogens (primary N) is 1. The maximum Gasteiger partial charge on any atom is 0.129 e. The fourth-order valence-corrected chi connectivity index (χ4v) is 1.07. The van der Waals surface area contributed by atoms with E-state index in [-0.39, 0.29) is 0 Å². The van der Waals surface area contributed by atoms with Crippen molar-refractivity contribution in [2.45, 2.75) is 33.1 Å². The summed E-state index contributed by atoms with van der Waals surface area (Å²) in [6.45, 7) is 5.19. The van der Waals surface area contributed by atoms with Crippen molar-refractivity contribution in [3.8, 4) is 0 Å². The van der Waals surface area contributed by atoms with Crippen LogP contribution in [0.4, 0.5) is 0 Å². The van der Waals surface area contributed by atoms with E-state index in [4.69, 9.17) is 10.6 Å². The van der Waals surface area contributed by atoms with Crippen molar-refractivity contribution in [2.24, 2.45) is 10.9 Å². The molecule has 1 rings (SSSR count). The second kappa shape index (κ2) is 12.7. The number of unbranched alkanes of at least 4 members (excludes halogenated alkanes) is 1. The highest BCUT2D eigenvalue weighted by Gasteiger charge is 1.90. The largest absolute Gasteiger partial charge is 0.395 e. The van der Waals surface area contributed by atoms with Crippen molar-refractivity contribution in [3.63, 3.8) is 0 Å². The summed E-state index contributed by atoms with van der Waals surface area (Å²) in [5.41, 5.74) is 6.28. The van der Waals surface area contributed by atoms with E-state index in [0.717, 1.165) is 12.1 Å². The second-order valence-electron chi connectivity index (χ2n) is 3.71. The lowest BCUT2D eigenvalue weighted by molar-refractivity contribution is 0.151. The zero-order chi connectivity index (χ0) is 12.8. The molecule has 0 atom stereocenters. The molecule has 0 aromatic heterocycles. The molecular weight excluding hydrogens is 212 g/mol. The van der Waals surface area contributed by atoms with Gasteiger partial charge >= 0.3 is 0 Å². The highest BCUT2D eigenvalue weighted by molar-refractivity contribution is 5.81. The molecule has 1 aromatic carbocycles. The third-order valence-electron chi connectivity index (χ3n) is 1.99. The van der Waals surface area contributed by atoms with Gasteiger partial charge in [-0.2, -0.15) is 0 Å². The van der Waals surface area contributed by atoms with E-state index in [1.165, 1.54) is 12.8 Å². The van der Waals surface area contributed by atoms with Crippen LogP contribution in [0.3, 0.4) is 0 Å². The van der Waals surface area contributed by atoms with Gasteiger partial charge in [-0.05, 0) is 19.8 Å². The molecule has 0 saturated heterocycles. The molecule has 3 heteroatoms. The Hall–Kier alpha value is -1.35. The van der Waals surface area contributed by atoms with Gasteiger partial charge in [0.2, 0.25) is 0 Å². The summed E-state index contributed by atoms with van der Waals surface area (Å²) < 4.78 is 0. The van der Waals surface area contributed by atoms with Gasteiger partial charge in [0, 0.05) is 6.54 Å². The summed E-state index contributed by atoms with van der Waals surface area (Å²) in [5.74, 6) is 0. The van der Waals surface area contributed by atoms with Gasteiger partial charge in [-0.25, -0.2) is 0 Å². The maximum absolute atomic E-state index is 5.22. The number of nitrogens with zero attached hydrogens (tertiary/aromatic N) is 1. The van der Waals surface area contributed by atoms with Crippen LogP contribution >= 0.6 is 0 Å². The van der Waals surface area contributed by atoms with Crippen LogP contribution < -0.4 is 5.73 Å². The molecule has 3 nitrogen and oxygen atoms in total. The van der Waals surface area contributed by atoms with Crippen LogP contribution in [-0.2, 0) is 4.84 Å². The van der Waals surface area contributed by atoms with Gasteiger partial charge < -0.3 is 10.6 Å². The van der Waals surface area contributed by atoms with Gasteiger partial charge in [0.15, 0.2) is 0 Å². The molecular formula is C14H24N2O. The van der Waals surface area contributed by atoms with Crippen molar-refractivity contribution in [2.75, 3.05) is 13.2 Å². The van der Waals surface area contributed by atoms with E-state index in [1.54, 1.807) is 0 Å². The summed E-state index contributed by atoms with van der Waals surface area (Å²) in [4.78, 5) is 4.90. The number of hydrogen-bond donors (Lipinski definition) is 1. The quantitative estimate of drug-likeness (QED) is 0.468. The Labute approximate surface area is 105 Å². The summed E-state index contributed by atoms with van der Waals surface area (Å²) in [7, 11) is 0. The fraction of sp³-hybridized carbons (Fsp3) is 0.500. The van der Waals surface area contributed by atoms with E-state index in [2.05, 4.69) is 12.1 Å². The molecule has 0 bridgehead atoms. The van der Waals surface area contributed by atoms with Crippen LogP contribution in [-0.4, -0.2) is 18.9 Å². The second-order valence-corrected chi connectivity index (χ2v) is 3.71. The Morgan fingerprint density at radius 2 is 1.65 bits per heavy atom. The lowest BCUT2D eigenvalue weighted by Gasteiger charge is -1.98. The first-order valence-electron chi connectivity index (χ1n) is 6.16. The van der Waals surface area contributed by atoms with Gasteiger partial charge in [-0.1, -0.05) is 54.9 Å². The van der Waals surface area contributed by atoms with E-state index in [9.17, 15) is 0 Å². The number of hydrogen-bond acceptors (Lipinski definition) is 3. The average Bonchev–Trinajstić information content (AvgIpc) is 2.39. The molecule has 0 fully saturated rings. The van der Waals surface area contributed by atoms with Crippen LogP contribution in [0.15, 0.2) is 41.6 Å². The minimum absolute atomic E-state index is 0.517. The Kier molecular flexibility index (Phi) is 11.7. The predicted molar refractivity (Wildman–Crippen MR) is 74.1 cm³/mol. The fourth-order valence-electron chi connectivity index (χ4n) is 1.07. The number of oxime groups is 1. The Bertz CT molecular complexity index is 246. The maximum atomic E-state index is 5.22. The van der Waals surface area contributed by atoms with Crippen LogP contribution in [0, 0.1) is 0 Å². The van der Waals surface area contributed by atoms with Gasteiger partial charge in [0.05, 0.1) is 5.71 Å². The smallest absolute Gasteiger partial charge is 0.129 e. The zero-order valence-electron chi connectivity index (χ0n) is 10.9. The number of benzene rings is 1. The normalized spacial score (nSPS) is 10.4. The average molecular weight is 236 g/mol. The lowest BCUT2D eigenvalue weighted by Crippen LogP contribution is -2.06. The summed E-state index contributed by atoms with van der Waals surface area (Å²) >= 11 is 0. The van der Waals surface area contributed by atoms with Gasteiger partial charge in [0.1, 0.15) is 6.61 Å². The molecule has 0 saturated carbocycles. The summed E-state index contributed by atoms with van der Waals surface area (Å²) in [6, 6.07) is 12.0.